The molecule has 3 aliphatic rings. The van der Waals surface area contributed by atoms with E-state index in [4.69, 9.17) is 18.9 Å². The molecular weight excluding hydrogens is 500 g/mol. The largest absolute Gasteiger partial charge is 0.469 e. The highest BCUT2D eigenvalue weighted by molar-refractivity contribution is 5.83. The van der Waals surface area contributed by atoms with Crippen molar-refractivity contribution in [3.63, 3.8) is 0 Å². The van der Waals surface area contributed by atoms with Gasteiger partial charge >= 0.3 is 23.9 Å². The normalized spacial score (nSPS) is 26.4. The van der Waals surface area contributed by atoms with E-state index in [1.54, 1.807) is 27.7 Å². The standard InChI is InChI=1S/C24H36O8.C2H6.5CH4/c1-8-23(4,12-24(5,20(27)30-7)11-22(2,3)19(26)29-6)21(28)32-16-13-9-14-15(10-13)18(25)31-17(14)16;1-2;;;;;/h13-17H,8-12H2,1-7H3;1-2H3;5*1H4. The van der Waals surface area contributed by atoms with Crippen molar-refractivity contribution in [2.24, 2.45) is 34.0 Å². The number of methoxy groups -OCH3 is 2. The molecule has 0 amide bonds. The summed E-state index contributed by atoms with van der Waals surface area (Å²) in [7, 11) is 2.61. The molecule has 2 aliphatic carbocycles. The maximum atomic E-state index is 13.4. The Bertz CT molecular complexity index is 806. The highest BCUT2D eigenvalue weighted by Crippen LogP contribution is 2.56. The molecule has 0 aromatic heterocycles. The molecule has 3 rings (SSSR count). The zero-order valence-electron chi connectivity index (χ0n) is 22.2. The second kappa shape index (κ2) is 16.2. The molecule has 39 heavy (non-hydrogen) atoms. The van der Waals surface area contributed by atoms with Gasteiger partial charge in [0, 0.05) is 11.8 Å². The van der Waals surface area contributed by atoms with Crippen LogP contribution in [0.15, 0.2) is 0 Å². The molecule has 0 aromatic carbocycles. The van der Waals surface area contributed by atoms with Gasteiger partial charge < -0.3 is 18.9 Å². The van der Waals surface area contributed by atoms with E-state index in [2.05, 4.69) is 0 Å². The molecule has 2 bridgehead atoms. The minimum absolute atomic E-state index is 0. The number of ether oxygens (including phenoxy) is 4. The number of esters is 4. The average molecular weight is 563 g/mol. The Hall–Kier alpha value is -2.12. The van der Waals surface area contributed by atoms with Crippen molar-refractivity contribution in [1.82, 2.24) is 0 Å². The molecule has 0 radical (unpaired) electrons. The van der Waals surface area contributed by atoms with E-state index in [-0.39, 0.29) is 79.8 Å². The van der Waals surface area contributed by atoms with Crippen LogP contribution in [0.1, 0.15) is 118 Å². The van der Waals surface area contributed by atoms with Crippen LogP contribution in [0.4, 0.5) is 0 Å². The SMILES string of the molecule is C.C.C.C.C.CC.CCC(C)(CC(C)(CC(C)(C)C(=O)OC)C(=O)OC)C(=O)OC1C2CC3C(=O)OC1C3C2. The molecule has 234 valence electrons. The zero-order chi connectivity index (χ0) is 26.1. The van der Waals surface area contributed by atoms with Gasteiger partial charge in [0.25, 0.3) is 0 Å². The predicted octanol–water partition coefficient (Wildman–Crippen LogP) is 7.26. The second-order valence-electron chi connectivity index (χ2n) is 11.0. The monoisotopic (exact) mass is 562 g/mol. The number of rotatable bonds is 9. The Kier molecular flexibility index (Phi) is 18.3. The Balaban J connectivity index is -0.000000855. The summed E-state index contributed by atoms with van der Waals surface area (Å²) in [4.78, 5) is 50.6. The van der Waals surface area contributed by atoms with Gasteiger partial charge in [-0.15, -0.1) is 0 Å². The summed E-state index contributed by atoms with van der Waals surface area (Å²) in [6.45, 7) is 12.8. The molecule has 1 saturated heterocycles. The highest BCUT2D eigenvalue weighted by atomic mass is 16.6. The van der Waals surface area contributed by atoms with Crippen molar-refractivity contribution >= 4 is 23.9 Å². The minimum atomic E-state index is -1.12. The summed E-state index contributed by atoms with van der Waals surface area (Å²) in [6.07, 6.45) is 1.49. The van der Waals surface area contributed by atoms with Crippen molar-refractivity contribution in [3.8, 4) is 0 Å². The van der Waals surface area contributed by atoms with Crippen LogP contribution in [0.2, 0.25) is 0 Å². The van der Waals surface area contributed by atoms with E-state index in [1.165, 1.54) is 14.2 Å². The lowest BCUT2D eigenvalue weighted by Crippen LogP contribution is -2.46. The van der Waals surface area contributed by atoms with Crippen molar-refractivity contribution in [2.75, 3.05) is 14.2 Å². The van der Waals surface area contributed by atoms with E-state index >= 15 is 0 Å². The fourth-order valence-corrected chi connectivity index (χ4v) is 6.31. The van der Waals surface area contributed by atoms with Gasteiger partial charge in [-0.3, -0.25) is 19.2 Å². The maximum absolute atomic E-state index is 13.4. The molecule has 3 fully saturated rings. The van der Waals surface area contributed by atoms with Gasteiger partial charge in [0.2, 0.25) is 0 Å². The molecule has 7 unspecified atom stereocenters. The number of carbonyl (C=O) groups is 4. The topological polar surface area (TPSA) is 105 Å². The van der Waals surface area contributed by atoms with Crippen molar-refractivity contribution in [1.29, 1.82) is 0 Å². The van der Waals surface area contributed by atoms with Crippen molar-refractivity contribution < 1.29 is 38.1 Å². The van der Waals surface area contributed by atoms with Crippen LogP contribution in [-0.2, 0) is 38.1 Å². The van der Waals surface area contributed by atoms with Crippen LogP contribution in [0.3, 0.4) is 0 Å². The molecule has 0 aromatic rings. The number of hydrogen-bond donors (Lipinski definition) is 0. The quantitative estimate of drug-likeness (QED) is 0.213. The van der Waals surface area contributed by atoms with Gasteiger partial charge in [0.1, 0.15) is 12.2 Å². The third kappa shape index (κ3) is 8.20. The fraction of sp³-hybridized carbons (Fsp3) is 0.871. The van der Waals surface area contributed by atoms with Crippen LogP contribution < -0.4 is 0 Å². The minimum Gasteiger partial charge on any atom is -0.469 e. The summed E-state index contributed by atoms with van der Waals surface area (Å²) < 4.78 is 21.5. The number of fused-ring (bicyclic) bond motifs is 1. The van der Waals surface area contributed by atoms with E-state index in [9.17, 15) is 19.2 Å². The summed E-state index contributed by atoms with van der Waals surface area (Å²) in [6, 6.07) is 0. The highest BCUT2D eigenvalue weighted by Gasteiger charge is 2.64. The molecule has 8 nitrogen and oxygen atoms in total. The van der Waals surface area contributed by atoms with Gasteiger partial charge in [-0.2, -0.15) is 0 Å². The van der Waals surface area contributed by atoms with Crippen LogP contribution in [0.25, 0.3) is 0 Å². The first kappa shape index (κ1) is 43.9. The van der Waals surface area contributed by atoms with E-state index in [0.717, 1.165) is 6.42 Å². The third-order valence-electron chi connectivity index (χ3n) is 7.96. The molecule has 2 saturated carbocycles. The third-order valence-corrected chi connectivity index (χ3v) is 7.96. The van der Waals surface area contributed by atoms with Gasteiger partial charge in [-0.25, -0.2) is 0 Å². The molecule has 0 N–H and O–H groups in total. The predicted molar refractivity (Wildman–Crippen MR) is 158 cm³/mol. The van der Waals surface area contributed by atoms with Crippen LogP contribution in [-0.4, -0.2) is 50.3 Å². The summed E-state index contributed by atoms with van der Waals surface area (Å²) >= 11 is 0. The summed E-state index contributed by atoms with van der Waals surface area (Å²) in [5.41, 5.74) is -3.05. The molecule has 7 atom stereocenters. The second-order valence-corrected chi connectivity index (χ2v) is 11.0. The lowest BCUT2D eigenvalue weighted by atomic mass is 9.65. The lowest BCUT2D eigenvalue weighted by Gasteiger charge is -2.40. The van der Waals surface area contributed by atoms with Gasteiger partial charge in [-0.05, 0) is 59.8 Å². The number of hydrogen-bond acceptors (Lipinski definition) is 8. The van der Waals surface area contributed by atoms with Gasteiger partial charge in [0.15, 0.2) is 0 Å². The first-order chi connectivity index (χ1) is 15.8. The number of carbonyl (C=O) groups excluding carboxylic acids is 4. The Labute approximate surface area is 240 Å². The van der Waals surface area contributed by atoms with Crippen LogP contribution in [0.5, 0.6) is 0 Å². The van der Waals surface area contributed by atoms with E-state index in [0.29, 0.717) is 12.8 Å². The zero-order valence-corrected chi connectivity index (χ0v) is 22.2. The Morgan fingerprint density at radius 1 is 0.821 bits per heavy atom. The summed E-state index contributed by atoms with van der Waals surface area (Å²) in [5.74, 6) is -1.30. The molecule has 0 spiro atoms. The molecule has 1 heterocycles. The lowest BCUT2D eigenvalue weighted by molar-refractivity contribution is -0.176. The van der Waals surface area contributed by atoms with E-state index in [1.807, 2.05) is 20.8 Å². The van der Waals surface area contributed by atoms with Gasteiger partial charge in [0.05, 0.1) is 36.4 Å². The first-order valence-corrected chi connectivity index (χ1v) is 12.4. The van der Waals surface area contributed by atoms with Crippen molar-refractivity contribution in [3.05, 3.63) is 0 Å². The Morgan fingerprint density at radius 2 is 1.33 bits per heavy atom. The van der Waals surface area contributed by atoms with Crippen LogP contribution in [0, 0.1) is 34.0 Å². The smallest absolute Gasteiger partial charge is 0.312 e. The van der Waals surface area contributed by atoms with Crippen molar-refractivity contribution in [2.45, 2.75) is 130 Å². The molecule has 8 heteroatoms. The van der Waals surface area contributed by atoms with Crippen LogP contribution >= 0.6 is 0 Å². The Morgan fingerprint density at radius 3 is 1.79 bits per heavy atom. The maximum Gasteiger partial charge on any atom is 0.312 e. The molecule has 1 aliphatic heterocycles. The average Bonchev–Trinajstić information content (AvgIpc) is 3.43. The van der Waals surface area contributed by atoms with Gasteiger partial charge in [-0.1, -0.05) is 57.9 Å². The summed E-state index contributed by atoms with van der Waals surface area (Å²) in [5, 5.41) is 0. The fourth-order valence-electron chi connectivity index (χ4n) is 6.31. The molecular formula is C31H62O8. The van der Waals surface area contributed by atoms with E-state index < -0.39 is 40.3 Å². The first-order valence-electron chi connectivity index (χ1n) is 12.4.